The zero-order valence-corrected chi connectivity index (χ0v) is 15.3. The molecule has 0 fully saturated rings. The van der Waals surface area contributed by atoms with Gasteiger partial charge in [0, 0.05) is 35.7 Å². The predicted octanol–water partition coefficient (Wildman–Crippen LogP) is 3.96. The lowest BCUT2D eigenvalue weighted by Gasteiger charge is -2.12. The van der Waals surface area contributed by atoms with E-state index in [9.17, 15) is 18.4 Å². The van der Waals surface area contributed by atoms with Crippen LogP contribution in [0.15, 0.2) is 65.7 Å². The lowest BCUT2D eigenvalue weighted by atomic mass is 10.2. The summed E-state index contributed by atoms with van der Waals surface area (Å²) in [6.45, 7) is 1.75. The molecule has 3 aromatic rings. The third-order valence-electron chi connectivity index (χ3n) is 3.76. The molecule has 1 aromatic carbocycles. The lowest BCUT2D eigenvalue weighted by molar-refractivity contribution is -0.0964. The Morgan fingerprint density at radius 2 is 1.89 bits per heavy atom. The number of anilines is 1. The first-order valence-electron chi connectivity index (χ1n) is 8.05. The van der Waals surface area contributed by atoms with Crippen LogP contribution in [0.1, 0.15) is 16.1 Å². The molecule has 144 valence electrons. The Hall–Kier alpha value is -3.26. The monoisotopic (exact) mass is 405 g/mol. The van der Waals surface area contributed by atoms with Crippen LogP contribution in [0.2, 0.25) is 0 Å². The molecule has 0 aliphatic rings. The van der Waals surface area contributed by atoms with Gasteiger partial charge in [-0.15, -0.1) is 8.78 Å². The van der Waals surface area contributed by atoms with Gasteiger partial charge in [0.15, 0.2) is 0 Å². The molecule has 0 saturated carbocycles. The van der Waals surface area contributed by atoms with E-state index in [1.807, 2.05) is 0 Å². The summed E-state index contributed by atoms with van der Waals surface area (Å²) in [5.74, 6) is -0.634. The molecule has 0 unspecified atom stereocenters. The normalized spacial score (nSPS) is 11.1. The molecule has 2 heterocycles. The first-order valence-corrected chi connectivity index (χ1v) is 8.42. The Balaban J connectivity index is 1.81. The number of aromatic nitrogens is 2. The number of halogens is 3. The van der Waals surface area contributed by atoms with E-state index in [4.69, 9.17) is 11.6 Å². The summed E-state index contributed by atoms with van der Waals surface area (Å²) in [4.78, 5) is 28.8. The van der Waals surface area contributed by atoms with Crippen LogP contribution in [0.5, 0.6) is 5.75 Å². The van der Waals surface area contributed by atoms with Gasteiger partial charge in [-0.25, -0.2) is 0 Å². The number of amides is 1. The lowest BCUT2D eigenvalue weighted by Crippen LogP contribution is -2.21. The molecule has 0 atom stereocenters. The maximum absolute atomic E-state index is 12.6. The molecule has 6 nitrogen and oxygen atoms in total. The SMILES string of the molecule is Cc1ncccc1-n1cc(C(=O)Nc2ccc(OC(F)(F)Cl)cc2)ccc1=O. The van der Waals surface area contributed by atoms with Crippen LogP contribution in [0.3, 0.4) is 0 Å². The topological polar surface area (TPSA) is 73.2 Å². The number of carbonyl (C=O) groups excluding carboxylic acids is 1. The smallest absolute Gasteiger partial charge is 0.420 e. The molecule has 9 heteroatoms. The first kappa shape index (κ1) is 19.5. The molecule has 28 heavy (non-hydrogen) atoms. The number of hydrogen-bond donors (Lipinski definition) is 1. The number of benzene rings is 1. The van der Waals surface area contributed by atoms with Crippen molar-refractivity contribution in [3.63, 3.8) is 0 Å². The van der Waals surface area contributed by atoms with E-state index in [1.165, 1.54) is 47.2 Å². The van der Waals surface area contributed by atoms with E-state index >= 15 is 0 Å². The van der Waals surface area contributed by atoms with Crippen LogP contribution in [-0.2, 0) is 0 Å². The van der Waals surface area contributed by atoms with Crippen molar-refractivity contribution in [2.45, 2.75) is 12.5 Å². The van der Waals surface area contributed by atoms with E-state index in [0.29, 0.717) is 17.1 Å². The highest BCUT2D eigenvalue weighted by atomic mass is 35.5. The summed E-state index contributed by atoms with van der Waals surface area (Å²) in [6.07, 6.45) is 3.01. The molecule has 1 N–H and O–H groups in total. The van der Waals surface area contributed by atoms with Gasteiger partial charge < -0.3 is 10.1 Å². The Bertz CT molecular complexity index is 1060. The van der Waals surface area contributed by atoms with E-state index in [-0.39, 0.29) is 16.9 Å². The van der Waals surface area contributed by atoms with Crippen molar-refractivity contribution >= 4 is 23.2 Å². The highest BCUT2D eigenvalue weighted by Gasteiger charge is 2.27. The highest BCUT2D eigenvalue weighted by molar-refractivity contribution is 6.20. The number of carbonyl (C=O) groups is 1. The van der Waals surface area contributed by atoms with Gasteiger partial charge in [0.05, 0.1) is 16.9 Å². The molecule has 0 radical (unpaired) electrons. The fourth-order valence-electron chi connectivity index (χ4n) is 2.48. The quantitative estimate of drug-likeness (QED) is 0.652. The first-order chi connectivity index (χ1) is 13.2. The Morgan fingerprint density at radius 3 is 2.54 bits per heavy atom. The molecule has 0 saturated heterocycles. The number of hydrogen-bond acceptors (Lipinski definition) is 4. The number of aryl methyl sites for hydroxylation is 1. The predicted molar refractivity (Wildman–Crippen MR) is 100 cm³/mol. The van der Waals surface area contributed by atoms with E-state index in [0.717, 1.165) is 0 Å². The van der Waals surface area contributed by atoms with E-state index in [2.05, 4.69) is 15.0 Å². The Labute approximate surface area is 163 Å². The van der Waals surface area contributed by atoms with Crippen molar-refractivity contribution in [3.05, 3.63) is 82.5 Å². The maximum atomic E-state index is 12.6. The van der Waals surface area contributed by atoms with Crippen molar-refractivity contribution in [2.24, 2.45) is 0 Å². The van der Waals surface area contributed by atoms with Gasteiger partial charge >= 0.3 is 5.57 Å². The van der Waals surface area contributed by atoms with Gasteiger partial charge in [-0.05, 0) is 49.4 Å². The minimum absolute atomic E-state index is 0.154. The zero-order valence-electron chi connectivity index (χ0n) is 14.5. The van der Waals surface area contributed by atoms with Crippen LogP contribution in [-0.4, -0.2) is 21.0 Å². The Morgan fingerprint density at radius 1 is 1.18 bits per heavy atom. The third kappa shape index (κ3) is 4.72. The maximum Gasteiger partial charge on any atom is 0.487 e. The molecular formula is C19H14ClF2N3O3. The minimum Gasteiger partial charge on any atom is -0.420 e. The Kier molecular flexibility index (Phi) is 5.41. The summed E-state index contributed by atoms with van der Waals surface area (Å²) in [5.41, 5.74) is -2.35. The number of alkyl halides is 3. The number of nitrogens with zero attached hydrogens (tertiary/aromatic N) is 2. The van der Waals surface area contributed by atoms with Gasteiger partial charge in [-0.2, -0.15) is 0 Å². The second-order valence-electron chi connectivity index (χ2n) is 5.76. The second-order valence-corrected chi connectivity index (χ2v) is 6.20. The van der Waals surface area contributed by atoms with Crippen molar-refractivity contribution in [3.8, 4) is 11.4 Å². The number of rotatable bonds is 5. The number of pyridine rings is 2. The van der Waals surface area contributed by atoms with Gasteiger partial charge in [-0.1, -0.05) is 0 Å². The van der Waals surface area contributed by atoms with E-state index < -0.39 is 11.5 Å². The molecule has 0 spiro atoms. The number of ether oxygens (including phenoxy) is 1. The molecule has 0 aliphatic heterocycles. The molecule has 2 aromatic heterocycles. The van der Waals surface area contributed by atoms with Gasteiger partial charge in [0.2, 0.25) is 0 Å². The van der Waals surface area contributed by atoms with Crippen molar-refractivity contribution in [1.82, 2.24) is 9.55 Å². The van der Waals surface area contributed by atoms with Crippen molar-refractivity contribution < 1.29 is 18.3 Å². The summed E-state index contributed by atoms with van der Waals surface area (Å²) in [7, 11) is 0. The van der Waals surface area contributed by atoms with Gasteiger partial charge in [-0.3, -0.25) is 19.1 Å². The molecule has 0 bridgehead atoms. The third-order valence-corrected chi connectivity index (χ3v) is 3.83. The zero-order chi connectivity index (χ0) is 20.3. The van der Waals surface area contributed by atoms with Gasteiger partial charge in [0.1, 0.15) is 5.75 Å². The summed E-state index contributed by atoms with van der Waals surface area (Å²) < 4.78 is 30.8. The van der Waals surface area contributed by atoms with Crippen LogP contribution >= 0.6 is 11.6 Å². The number of nitrogens with one attached hydrogen (secondary N) is 1. The minimum atomic E-state index is -3.82. The van der Waals surface area contributed by atoms with Crippen LogP contribution in [0.25, 0.3) is 5.69 Å². The highest BCUT2D eigenvalue weighted by Crippen LogP contribution is 2.26. The fourth-order valence-corrected chi connectivity index (χ4v) is 2.57. The summed E-state index contributed by atoms with van der Waals surface area (Å²) in [5, 5.41) is 2.62. The van der Waals surface area contributed by atoms with Crippen LogP contribution in [0.4, 0.5) is 14.5 Å². The van der Waals surface area contributed by atoms with Crippen molar-refractivity contribution in [2.75, 3.05) is 5.32 Å². The molecule has 1 amide bonds. The largest absolute Gasteiger partial charge is 0.487 e. The average Bonchev–Trinajstić information content (AvgIpc) is 2.63. The average molecular weight is 406 g/mol. The second kappa shape index (κ2) is 7.77. The fraction of sp³-hybridized carbons (Fsp3) is 0.105. The van der Waals surface area contributed by atoms with E-state index in [1.54, 1.807) is 25.3 Å². The van der Waals surface area contributed by atoms with Crippen LogP contribution in [0, 0.1) is 6.92 Å². The summed E-state index contributed by atoms with van der Waals surface area (Å²) in [6, 6.07) is 11.3. The molecular weight excluding hydrogens is 392 g/mol. The molecule has 3 rings (SSSR count). The van der Waals surface area contributed by atoms with Gasteiger partial charge in [0.25, 0.3) is 11.5 Å². The standard InChI is InChI=1S/C19H14ClF2N3O3/c1-12-16(3-2-10-23-12)25-11-13(4-9-17(25)26)18(27)24-14-5-7-15(8-6-14)28-19(20,21)22/h2-11H,1H3,(H,24,27). The van der Waals surface area contributed by atoms with Crippen molar-refractivity contribution in [1.29, 1.82) is 0 Å². The van der Waals surface area contributed by atoms with Crippen LogP contribution < -0.4 is 15.6 Å². The summed E-state index contributed by atoms with van der Waals surface area (Å²) >= 11 is 4.70. The molecule has 0 aliphatic carbocycles.